The van der Waals surface area contributed by atoms with Crippen LogP contribution in [0.3, 0.4) is 0 Å². The fourth-order valence-corrected chi connectivity index (χ4v) is 1.84. The first kappa shape index (κ1) is 12.5. The fraction of sp³-hybridized carbons (Fsp3) is 0.500. The summed E-state index contributed by atoms with van der Waals surface area (Å²) in [6.07, 6.45) is 0.114. The highest BCUT2D eigenvalue weighted by molar-refractivity contribution is 5.90. The summed E-state index contributed by atoms with van der Waals surface area (Å²) in [4.78, 5) is 25.0. The topological polar surface area (TPSA) is 117 Å². The van der Waals surface area contributed by atoms with E-state index in [1.54, 1.807) is 6.92 Å². The van der Waals surface area contributed by atoms with Gasteiger partial charge >= 0.3 is 5.69 Å². The van der Waals surface area contributed by atoms with E-state index in [1.807, 2.05) is 0 Å². The maximum Gasteiger partial charge on any atom is 0.330 e. The largest absolute Gasteiger partial charge is 0.411 e. The molecule has 0 aliphatic carbocycles. The number of aliphatic hydroxyl groups is 1. The summed E-state index contributed by atoms with van der Waals surface area (Å²) in [5.41, 5.74) is -0.429. The highest BCUT2D eigenvalue weighted by atomic mass is 16.5. The van der Waals surface area contributed by atoms with Crippen molar-refractivity contribution in [3.8, 4) is 0 Å². The summed E-state index contributed by atoms with van der Waals surface area (Å²) >= 11 is 0. The van der Waals surface area contributed by atoms with E-state index in [1.165, 1.54) is 10.8 Å². The molecule has 1 saturated heterocycles. The summed E-state index contributed by atoms with van der Waals surface area (Å²) in [6, 6.07) is 0. The van der Waals surface area contributed by atoms with Crippen LogP contribution in [0.25, 0.3) is 0 Å². The van der Waals surface area contributed by atoms with E-state index >= 15 is 0 Å². The zero-order valence-corrected chi connectivity index (χ0v) is 9.66. The number of ether oxygens (including phenoxy) is 1. The van der Waals surface area contributed by atoms with E-state index in [0.29, 0.717) is 5.56 Å². The predicted molar refractivity (Wildman–Crippen MR) is 60.9 cm³/mol. The lowest BCUT2D eigenvalue weighted by Crippen LogP contribution is -2.33. The van der Waals surface area contributed by atoms with Gasteiger partial charge in [-0.3, -0.25) is 14.3 Å². The third kappa shape index (κ3) is 2.07. The molecule has 2 unspecified atom stereocenters. The average molecular weight is 255 g/mol. The number of aliphatic hydroxyl groups excluding tert-OH is 1. The van der Waals surface area contributed by atoms with Crippen molar-refractivity contribution in [3.05, 3.63) is 32.6 Å². The number of rotatable bonds is 2. The maximum atomic E-state index is 11.6. The molecule has 1 aromatic heterocycles. The van der Waals surface area contributed by atoms with Crippen molar-refractivity contribution in [1.82, 2.24) is 9.55 Å². The Balaban J connectivity index is 2.38. The van der Waals surface area contributed by atoms with Crippen molar-refractivity contribution in [3.63, 3.8) is 0 Å². The van der Waals surface area contributed by atoms with Crippen molar-refractivity contribution in [2.75, 3.05) is 6.61 Å². The Labute approximate surface area is 101 Å². The van der Waals surface area contributed by atoms with Gasteiger partial charge in [0.25, 0.3) is 5.56 Å². The molecule has 0 radical (unpaired) electrons. The first-order chi connectivity index (χ1) is 8.56. The number of aryl methyl sites for hydroxylation is 1. The quantitative estimate of drug-likeness (QED) is 0.460. The molecule has 3 N–H and O–H groups in total. The van der Waals surface area contributed by atoms with Crippen LogP contribution in [0.5, 0.6) is 0 Å². The first-order valence-electron chi connectivity index (χ1n) is 5.36. The number of oxime groups is 1. The van der Waals surface area contributed by atoms with Gasteiger partial charge in [0.1, 0.15) is 12.3 Å². The van der Waals surface area contributed by atoms with Gasteiger partial charge in [-0.1, -0.05) is 5.16 Å². The molecule has 98 valence electrons. The van der Waals surface area contributed by atoms with Crippen LogP contribution in [0.1, 0.15) is 18.2 Å². The normalized spacial score (nSPS) is 25.8. The average Bonchev–Trinajstić information content (AvgIpc) is 2.76. The number of nitrogens with zero attached hydrogens (tertiary/aromatic N) is 2. The highest BCUT2D eigenvalue weighted by Gasteiger charge is 2.33. The number of H-pyrrole nitrogens is 1. The van der Waals surface area contributed by atoms with Crippen LogP contribution in [0.4, 0.5) is 0 Å². The van der Waals surface area contributed by atoms with E-state index in [9.17, 15) is 9.59 Å². The molecule has 2 rings (SSSR count). The minimum Gasteiger partial charge on any atom is -0.411 e. The number of aromatic nitrogens is 2. The van der Waals surface area contributed by atoms with Crippen molar-refractivity contribution in [1.29, 1.82) is 0 Å². The standard InChI is InChI=1S/C10H13N3O5/c1-5-3-13(10(16)11-9(5)15)8-2-6(12-17)7(4-14)18-8/h3,7-8,14,17H,2,4H2,1H3,(H,11,15,16)/b12-6-. The van der Waals surface area contributed by atoms with Crippen LogP contribution in [-0.4, -0.2) is 38.3 Å². The first-order valence-corrected chi connectivity index (χ1v) is 5.36. The van der Waals surface area contributed by atoms with Gasteiger partial charge < -0.3 is 15.1 Å². The van der Waals surface area contributed by atoms with Gasteiger partial charge in [0.15, 0.2) is 0 Å². The monoisotopic (exact) mass is 255 g/mol. The molecule has 1 aliphatic heterocycles. The van der Waals surface area contributed by atoms with Crippen molar-refractivity contribution in [2.24, 2.45) is 5.16 Å². The minimum atomic E-state index is -0.737. The highest BCUT2D eigenvalue weighted by Crippen LogP contribution is 2.24. The van der Waals surface area contributed by atoms with E-state index < -0.39 is 23.6 Å². The molecule has 2 atom stereocenters. The SMILES string of the molecule is Cc1cn(C2C/C(=N/O)C(CO)O2)c(=O)[nH]c1=O. The third-order valence-electron chi connectivity index (χ3n) is 2.83. The van der Waals surface area contributed by atoms with E-state index in [2.05, 4.69) is 10.1 Å². The molecule has 0 amide bonds. The molecule has 1 aromatic rings. The van der Waals surface area contributed by atoms with E-state index in [-0.39, 0.29) is 18.7 Å². The lowest BCUT2D eigenvalue weighted by molar-refractivity contribution is -0.0153. The summed E-state index contributed by atoms with van der Waals surface area (Å²) in [6.45, 7) is 1.22. The summed E-state index contributed by atoms with van der Waals surface area (Å²) in [5.74, 6) is 0. The Kier molecular flexibility index (Phi) is 3.30. The van der Waals surface area contributed by atoms with E-state index in [4.69, 9.17) is 15.1 Å². The molecule has 1 fully saturated rings. The molecular formula is C10H13N3O5. The van der Waals surface area contributed by atoms with Gasteiger partial charge in [-0.25, -0.2) is 4.79 Å². The molecule has 0 spiro atoms. The molecule has 8 heteroatoms. The second-order valence-electron chi connectivity index (χ2n) is 4.04. The molecule has 8 nitrogen and oxygen atoms in total. The summed E-state index contributed by atoms with van der Waals surface area (Å²) in [5, 5.41) is 20.8. The van der Waals surface area contributed by atoms with Gasteiger partial charge in [-0.15, -0.1) is 0 Å². The molecule has 0 aromatic carbocycles. The Morgan fingerprint density at radius 2 is 2.33 bits per heavy atom. The van der Waals surface area contributed by atoms with Crippen molar-refractivity contribution >= 4 is 5.71 Å². The molecule has 0 bridgehead atoms. The van der Waals surface area contributed by atoms with Crippen LogP contribution in [-0.2, 0) is 4.74 Å². The van der Waals surface area contributed by atoms with Crippen molar-refractivity contribution in [2.45, 2.75) is 25.7 Å². The number of aromatic amines is 1. The van der Waals surface area contributed by atoms with Crippen LogP contribution in [0, 0.1) is 6.92 Å². The van der Waals surface area contributed by atoms with E-state index in [0.717, 1.165) is 0 Å². The van der Waals surface area contributed by atoms with Crippen molar-refractivity contribution < 1.29 is 15.1 Å². The maximum absolute atomic E-state index is 11.6. The van der Waals surface area contributed by atoms with Gasteiger partial charge in [0.2, 0.25) is 0 Å². The van der Waals surface area contributed by atoms with Gasteiger partial charge in [0, 0.05) is 18.2 Å². The molecular weight excluding hydrogens is 242 g/mol. The van der Waals surface area contributed by atoms with Gasteiger partial charge in [0.05, 0.1) is 12.3 Å². The Morgan fingerprint density at radius 3 is 2.89 bits per heavy atom. The Bertz CT molecular complexity index is 588. The third-order valence-corrected chi connectivity index (χ3v) is 2.83. The smallest absolute Gasteiger partial charge is 0.330 e. The fourth-order valence-electron chi connectivity index (χ4n) is 1.84. The number of nitrogens with one attached hydrogen (secondary N) is 1. The predicted octanol–water partition coefficient (Wildman–Crippen LogP) is -1.04. The molecule has 2 heterocycles. The molecule has 1 aliphatic rings. The zero-order chi connectivity index (χ0) is 13.3. The molecule has 0 saturated carbocycles. The Morgan fingerprint density at radius 1 is 1.61 bits per heavy atom. The lowest BCUT2D eigenvalue weighted by Gasteiger charge is -2.14. The summed E-state index contributed by atoms with van der Waals surface area (Å²) in [7, 11) is 0. The second kappa shape index (κ2) is 4.75. The Hall–Kier alpha value is -1.93. The van der Waals surface area contributed by atoms with Crippen LogP contribution in [0.2, 0.25) is 0 Å². The zero-order valence-electron chi connectivity index (χ0n) is 9.66. The van der Waals surface area contributed by atoms with Gasteiger partial charge in [-0.2, -0.15) is 0 Å². The number of hydrogen-bond donors (Lipinski definition) is 3. The van der Waals surface area contributed by atoms with Crippen LogP contribution >= 0.6 is 0 Å². The van der Waals surface area contributed by atoms with Crippen LogP contribution < -0.4 is 11.2 Å². The minimum absolute atomic E-state index is 0.174. The number of hydrogen-bond acceptors (Lipinski definition) is 6. The van der Waals surface area contributed by atoms with Gasteiger partial charge in [-0.05, 0) is 6.92 Å². The lowest BCUT2D eigenvalue weighted by atomic mass is 10.2. The van der Waals surface area contributed by atoms with Crippen LogP contribution in [0.15, 0.2) is 20.9 Å². The molecule has 18 heavy (non-hydrogen) atoms. The second-order valence-corrected chi connectivity index (χ2v) is 4.04. The summed E-state index contributed by atoms with van der Waals surface area (Å²) < 4.78 is 6.58.